The van der Waals surface area contributed by atoms with Gasteiger partial charge in [0, 0.05) is 49.7 Å². The molecule has 5 rings (SSSR count). The van der Waals surface area contributed by atoms with Gasteiger partial charge in [-0.05, 0) is 35.7 Å². The second-order valence-corrected chi connectivity index (χ2v) is 8.00. The van der Waals surface area contributed by atoms with Crippen molar-refractivity contribution in [1.29, 1.82) is 0 Å². The maximum Gasteiger partial charge on any atom is 0.237 e. The van der Waals surface area contributed by atoms with Crippen molar-refractivity contribution in [3.8, 4) is 0 Å². The molecule has 0 saturated carbocycles. The molecule has 1 unspecified atom stereocenters. The van der Waals surface area contributed by atoms with Crippen LogP contribution in [0.25, 0.3) is 0 Å². The molecule has 0 N–H and O–H groups in total. The number of carbonyl (C=O) groups is 1. The molecule has 1 amide bonds. The van der Waals surface area contributed by atoms with Gasteiger partial charge in [0.2, 0.25) is 5.91 Å². The van der Waals surface area contributed by atoms with E-state index in [1.54, 1.807) is 0 Å². The summed E-state index contributed by atoms with van der Waals surface area (Å²) in [5.74, 6) is -1.15. The van der Waals surface area contributed by atoms with Gasteiger partial charge in [-0.2, -0.15) is 0 Å². The number of hydrogen-bond donors (Lipinski definition) is 0. The maximum atomic E-state index is 14.7. The Morgan fingerprint density at radius 3 is 2.63 bits per heavy atom. The predicted octanol–water partition coefficient (Wildman–Crippen LogP) is 3.76. The van der Waals surface area contributed by atoms with E-state index >= 15 is 0 Å². The van der Waals surface area contributed by atoms with Gasteiger partial charge in [-0.25, -0.2) is 8.78 Å². The number of aromatic nitrogens is 1. The fourth-order valence-corrected chi connectivity index (χ4v) is 4.66. The minimum absolute atomic E-state index is 0.0389. The molecule has 0 aliphatic carbocycles. The van der Waals surface area contributed by atoms with Crippen LogP contribution in [0.3, 0.4) is 0 Å². The van der Waals surface area contributed by atoms with E-state index in [1.807, 2.05) is 40.3 Å². The monoisotopic (exact) mass is 407 g/mol. The highest BCUT2D eigenvalue weighted by atomic mass is 19.1. The summed E-state index contributed by atoms with van der Waals surface area (Å²) < 4.78 is 30.3. The highest BCUT2D eigenvalue weighted by Crippen LogP contribution is 2.34. The smallest absolute Gasteiger partial charge is 0.237 e. The summed E-state index contributed by atoms with van der Waals surface area (Å²) in [6, 6.07) is 15.4. The van der Waals surface area contributed by atoms with Crippen molar-refractivity contribution >= 4 is 5.91 Å². The van der Waals surface area contributed by atoms with E-state index in [1.165, 1.54) is 23.3 Å². The summed E-state index contributed by atoms with van der Waals surface area (Å²) in [7, 11) is 0. The Hall–Kier alpha value is -2.99. The van der Waals surface area contributed by atoms with Gasteiger partial charge in [-0.1, -0.05) is 30.3 Å². The Balaban J connectivity index is 1.41. The summed E-state index contributed by atoms with van der Waals surface area (Å²) in [4.78, 5) is 17.1. The molecule has 3 aromatic rings. The highest BCUT2D eigenvalue weighted by Gasteiger charge is 2.33. The minimum Gasteiger partial charge on any atom is -0.348 e. The number of fused-ring (bicyclic) bond motifs is 2. The van der Waals surface area contributed by atoms with Crippen LogP contribution in [0.2, 0.25) is 0 Å². The van der Waals surface area contributed by atoms with Crippen LogP contribution in [0.5, 0.6) is 0 Å². The molecule has 4 nitrogen and oxygen atoms in total. The molecule has 2 aliphatic rings. The van der Waals surface area contributed by atoms with Crippen LogP contribution < -0.4 is 0 Å². The van der Waals surface area contributed by atoms with Crippen molar-refractivity contribution in [2.24, 2.45) is 0 Å². The molecule has 0 fully saturated rings. The van der Waals surface area contributed by atoms with Gasteiger partial charge in [0.25, 0.3) is 0 Å². The van der Waals surface area contributed by atoms with Crippen LogP contribution in [0, 0.1) is 11.6 Å². The second-order valence-electron chi connectivity index (χ2n) is 8.00. The molecule has 2 aromatic carbocycles. The number of nitrogens with zero attached hydrogens (tertiary/aromatic N) is 3. The van der Waals surface area contributed by atoms with Gasteiger partial charge in [-0.15, -0.1) is 0 Å². The van der Waals surface area contributed by atoms with Crippen molar-refractivity contribution in [2.45, 2.75) is 25.6 Å². The lowest BCUT2D eigenvalue weighted by molar-refractivity contribution is -0.134. The van der Waals surface area contributed by atoms with Crippen LogP contribution in [0.4, 0.5) is 8.78 Å². The summed E-state index contributed by atoms with van der Waals surface area (Å²) in [6.45, 7) is 2.86. The van der Waals surface area contributed by atoms with Gasteiger partial charge in [0.1, 0.15) is 11.6 Å². The molecular formula is C24H23F2N3O. The zero-order valence-electron chi connectivity index (χ0n) is 16.6. The minimum atomic E-state index is -0.600. The largest absolute Gasteiger partial charge is 0.348 e. The van der Waals surface area contributed by atoms with Gasteiger partial charge < -0.3 is 9.47 Å². The Labute approximate surface area is 174 Å². The first kappa shape index (κ1) is 19.0. The summed E-state index contributed by atoms with van der Waals surface area (Å²) >= 11 is 0. The fraction of sp³-hybridized carbons (Fsp3) is 0.292. The standard InChI is InChI=1S/C24H23F2N3O/c25-19-7-8-20(21(26)14-19)24-22-6-3-10-27(22)12-13-29(24)16-23(30)28-11-9-17-4-1-2-5-18(17)15-28/h1-8,10,14,24H,9,11-13,15-16H2. The lowest BCUT2D eigenvalue weighted by Crippen LogP contribution is -2.47. The van der Waals surface area contributed by atoms with Crippen LogP contribution in [-0.2, 0) is 24.3 Å². The molecule has 0 radical (unpaired) electrons. The molecule has 1 atom stereocenters. The Bertz CT molecular complexity index is 1090. The van der Waals surface area contributed by atoms with Crippen molar-refractivity contribution in [1.82, 2.24) is 14.4 Å². The topological polar surface area (TPSA) is 28.5 Å². The molecule has 154 valence electrons. The van der Waals surface area contributed by atoms with E-state index in [-0.39, 0.29) is 12.5 Å². The Kier molecular flexibility index (Phi) is 4.87. The molecule has 0 spiro atoms. The lowest BCUT2D eigenvalue weighted by Gasteiger charge is -2.38. The first-order valence-corrected chi connectivity index (χ1v) is 10.3. The lowest BCUT2D eigenvalue weighted by atomic mass is 9.98. The SMILES string of the molecule is O=C(CN1CCn2cccc2C1c1ccc(F)cc1F)N1CCc2ccccc2C1. The quantitative estimate of drug-likeness (QED) is 0.662. The number of amides is 1. The van der Waals surface area contributed by atoms with E-state index < -0.39 is 17.7 Å². The Morgan fingerprint density at radius 2 is 1.80 bits per heavy atom. The average molecular weight is 407 g/mol. The molecule has 1 aromatic heterocycles. The Morgan fingerprint density at radius 1 is 0.967 bits per heavy atom. The third kappa shape index (κ3) is 3.41. The van der Waals surface area contributed by atoms with Crippen molar-refractivity contribution < 1.29 is 13.6 Å². The summed E-state index contributed by atoms with van der Waals surface area (Å²) in [5, 5.41) is 0. The van der Waals surface area contributed by atoms with Crippen LogP contribution in [0.1, 0.15) is 28.4 Å². The van der Waals surface area contributed by atoms with E-state index in [4.69, 9.17) is 0 Å². The van der Waals surface area contributed by atoms with Crippen LogP contribution >= 0.6 is 0 Å². The average Bonchev–Trinajstić information content (AvgIpc) is 3.23. The predicted molar refractivity (Wildman–Crippen MR) is 110 cm³/mol. The summed E-state index contributed by atoms with van der Waals surface area (Å²) in [5.41, 5.74) is 3.80. The molecule has 3 heterocycles. The number of halogens is 2. The molecule has 0 bridgehead atoms. The maximum absolute atomic E-state index is 14.7. The first-order valence-electron chi connectivity index (χ1n) is 10.3. The van der Waals surface area contributed by atoms with Gasteiger partial charge in [-0.3, -0.25) is 9.69 Å². The second kappa shape index (κ2) is 7.69. The number of benzene rings is 2. The van der Waals surface area contributed by atoms with E-state index in [9.17, 15) is 13.6 Å². The number of hydrogen-bond acceptors (Lipinski definition) is 2. The van der Waals surface area contributed by atoms with Crippen LogP contribution in [-0.4, -0.2) is 39.9 Å². The molecular weight excluding hydrogens is 384 g/mol. The van der Waals surface area contributed by atoms with Gasteiger partial charge >= 0.3 is 0 Å². The van der Waals surface area contributed by atoms with Gasteiger partial charge in [0.05, 0.1) is 12.6 Å². The number of carbonyl (C=O) groups excluding carboxylic acids is 1. The van der Waals surface area contributed by atoms with Crippen molar-refractivity contribution in [2.75, 3.05) is 19.6 Å². The van der Waals surface area contributed by atoms with E-state index in [0.717, 1.165) is 24.7 Å². The zero-order chi connectivity index (χ0) is 20.7. The third-order valence-electron chi connectivity index (χ3n) is 6.22. The van der Waals surface area contributed by atoms with E-state index in [0.29, 0.717) is 25.2 Å². The normalized spacial score (nSPS) is 18.7. The zero-order valence-corrected chi connectivity index (χ0v) is 16.6. The highest BCUT2D eigenvalue weighted by molar-refractivity contribution is 5.78. The van der Waals surface area contributed by atoms with Crippen molar-refractivity contribution in [3.05, 3.63) is 94.8 Å². The fourth-order valence-electron chi connectivity index (χ4n) is 4.66. The van der Waals surface area contributed by atoms with Crippen LogP contribution in [0.15, 0.2) is 60.8 Å². The summed E-state index contributed by atoms with van der Waals surface area (Å²) in [6.07, 6.45) is 2.81. The first-order chi connectivity index (χ1) is 14.6. The number of rotatable bonds is 3. The van der Waals surface area contributed by atoms with Crippen molar-refractivity contribution in [3.63, 3.8) is 0 Å². The molecule has 0 saturated heterocycles. The van der Waals surface area contributed by atoms with Gasteiger partial charge in [0.15, 0.2) is 0 Å². The molecule has 30 heavy (non-hydrogen) atoms. The third-order valence-corrected chi connectivity index (χ3v) is 6.22. The molecule has 2 aliphatic heterocycles. The molecule has 6 heteroatoms. The van der Waals surface area contributed by atoms with E-state index in [2.05, 4.69) is 16.7 Å².